The quantitative estimate of drug-likeness (QED) is 0.385. The van der Waals surface area contributed by atoms with Gasteiger partial charge in [0.05, 0.1) is 16.8 Å². The third-order valence-electron chi connectivity index (χ3n) is 3.80. The highest BCUT2D eigenvalue weighted by Crippen LogP contribution is 2.39. The van der Waals surface area contributed by atoms with E-state index in [9.17, 15) is 31.5 Å². The summed E-state index contributed by atoms with van der Waals surface area (Å²) in [4.78, 5) is 26.3. The number of alkyl halides is 4. The average molecular weight is 501 g/mol. The van der Waals surface area contributed by atoms with Gasteiger partial charge in [0, 0.05) is 22.3 Å². The third-order valence-corrected chi connectivity index (χ3v) is 4.30. The lowest BCUT2D eigenvalue weighted by Crippen LogP contribution is -2.49. The number of rotatable bonds is 7. The smallest absolute Gasteiger partial charge is 0.334 e. The second-order valence-electron chi connectivity index (χ2n) is 6.17. The molecule has 2 rings (SSSR count). The van der Waals surface area contributed by atoms with E-state index in [0.29, 0.717) is 0 Å². The zero-order valence-electron chi connectivity index (χ0n) is 16.1. The van der Waals surface area contributed by atoms with Crippen molar-refractivity contribution in [2.24, 2.45) is 0 Å². The molecule has 1 aromatic carbocycles. The highest BCUT2D eigenvalue weighted by molar-refractivity contribution is 6.36. The largest absolute Gasteiger partial charge is 0.485 e. The van der Waals surface area contributed by atoms with Crippen LogP contribution in [0.4, 0.5) is 26.7 Å². The molecule has 7 nitrogen and oxygen atoms in total. The number of pyridine rings is 1. The molecule has 0 spiro atoms. The fraction of sp³-hybridized carbons (Fsp3) is 0.278. The van der Waals surface area contributed by atoms with Crippen LogP contribution in [0.25, 0.3) is 11.1 Å². The molecule has 0 saturated heterocycles. The minimum atomic E-state index is -3.34. The van der Waals surface area contributed by atoms with Crippen LogP contribution < -0.4 is 20.9 Å². The van der Waals surface area contributed by atoms with Gasteiger partial charge in [-0.05, 0) is 25.1 Å². The Morgan fingerprint density at radius 3 is 2.41 bits per heavy atom. The minimum Gasteiger partial charge on any atom is -0.485 e. The van der Waals surface area contributed by atoms with Crippen LogP contribution in [0, 0.1) is 5.82 Å². The topological polar surface area (TPSA) is 92.4 Å². The number of benzene rings is 1. The average Bonchev–Trinajstić information content (AvgIpc) is 2.70. The molecule has 3 N–H and O–H groups in total. The molecule has 174 valence electrons. The Bertz CT molecular complexity index is 997. The Balaban J connectivity index is 2.21. The summed E-state index contributed by atoms with van der Waals surface area (Å²) in [6, 6.07) is 1.44. The van der Waals surface area contributed by atoms with Crippen molar-refractivity contribution < 1.29 is 36.3 Å². The van der Waals surface area contributed by atoms with Crippen LogP contribution in [-0.2, 0) is 4.79 Å². The van der Waals surface area contributed by atoms with Gasteiger partial charge in [-0.1, -0.05) is 23.2 Å². The first-order valence-electron chi connectivity index (χ1n) is 8.70. The maximum Gasteiger partial charge on any atom is 0.334 e. The molecule has 0 fully saturated rings. The van der Waals surface area contributed by atoms with Crippen molar-refractivity contribution >= 4 is 35.1 Å². The number of amides is 3. The number of hydrogen-bond acceptors (Lipinski definition) is 4. The summed E-state index contributed by atoms with van der Waals surface area (Å²) < 4.78 is 69.0. The van der Waals surface area contributed by atoms with Gasteiger partial charge in [0.15, 0.2) is 0 Å². The number of urea groups is 1. The summed E-state index contributed by atoms with van der Waals surface area (Å²) in [5.41, 5.74) is 3.10. The van der Waals surface area contributed by atoms with E-state index >= 15 is 0 Å². The second kappa shape index (κ2) is 11.1. The van der Waals surface area contributed by atoms with Crippen molar-refractivity contribution in [2.75, 3.05) is 6.61 Å². The summed E-state index contributed by atoms with van der Waals surface area (Å²) in [5, 5.41) is 2.25. The Kier molecular flexibility index (Phi) is 8.84. The van der Waals surface area contributed by atoms with Crippen molar-refractivity contribution in [2.45, 2.75) is 25.8 Å². The molecular formula is C18H15Cl2F5N4O3. The van der Waals surface area contributed by atoms with Crippen LogP contribution >= 0.6 is 23.2 Å². The number of hydrazine groups is 1. The lowest BCUT2D eigenvalue weighted by molar-refractivity contribution is -0.132. The normalized spacial score (nSPS) is 11.9. The van der Waals surface area contributed by atoms with E-state index in [1.165, 1.54) is 30.7 Å². The summed E-state index contributed by atoms with van der Waals surface area (Å²) in [5.74, 6) is -2.78. The lowest BCUT2D eigenvalue weighted by Gasteiger charge is -2.17. The second-order valence-corrected chi connectivity index (χ2v) is 7.01. The van der Waals surface area contributed by atoms with Gasteiger partial charge in [-0.3, -0.25) is 15.2 Å². The fourth-order valence-electron chi connectivity index (χ4n) is 2.46. The van der Waals surface area contributed by atoms with E-state index < -0.39 is 43.3 Å². The maximum absolute atomic E-state index is 14.7. The van der Waals surface area contributed by atoms with E-state index in [0.717, 1.165) is 6.07 Å². The molecule has 14 heteroatoms. The monoisotopic (exact) mass is 500 g/mol. The number of ether oxygens (including phenoxy) is 1. The fourth-order valence-corrected chi connectivity index (χ4v) is 3.00. The molecule has 2 aromatic rings. The number of nitrogens with one attached hydrogen (secondary N) is 3. The van der Waals surface area contributed by atoms with E-state index in [2.05, 4.69) is 10.3 Å². The number of nitrogens with zero attached hydrogens (tertiary/aromatic N) is 1. The van der Waals surface area contributed by atoms with Gasteiger partial charge in [-0.2, -0.15) is 8.78 Å². The number of carbonyl (C=O) groups is 2. The molecule has 1 aromatic heterocycles. The zero-order valence-corrected chi connectivity index (χ0v) is 17.6. The van der Waals surface area contributed by atoms with Gasteiger partial charge < -0.3 is 10.1 Å². The van der Waals surface area contributed by atoms with Gasteiger partial charge in [-0.25, -0.2) is 23.4 Å². The summed E-state index contributed by atoms with van der Waals surface area (Å²) >= 11 is 12.0. The molecule has 0 saturated carbocycles. The highest BCUT2D eigenvalue weighted by atomic mass is 35.5. The van der Waals surface area contributed by atoms with E-state index in [-0.39, 0.29) is 32.6 Å². The van der Waals surface area contributed by atoms with E-state index in [1.807, 2.05) is 0 Å². The lowest BCUT2D eigenvalue weighted by atomic mass is 10.0. The predicted molar refractivity (Wildman–Crippen MR) is 105 cm³/mol. The molecular weight excluding hydrogens is 486 g/mol. The maximum atomic E-state index is 14.7. The molecule has 0 unspecified atom stereocenters. The number of halogens is 7. The number of hydrogen-bond donors (Lipinski definition) is 3. The van der Waals surface area contributed by atoms with E-state index in [1.54, 1.807) is 5.43 Å². The van der Waals surface area contributed by atoms with Gasteiger partial charge in [0.1, 0.15) is 18.2 Å². The first-order chi connectivity index (χ1) is 15.0. The van der Waals surface area contributed by atoms with Gasteiger partial charge in [0.2, 0.25) is 0 Å². The number of aromatic nitrogens is 1. The Morgan fingerprint density at radius 1 is 1.12 bits per heavy atom. The first kappa shape index (κ1) is 25.4. The Hall–Kier alpha value is -2.86. The standard InChI is InChI=1S/C18H15Cl2F5N4O3/c1-7(27-18(31)29-28-17(30)16(24)25)14-12(21)2-8(5-26-14)10-3-9(19)4-11(20)15(10)32-6-13(22)23/h2-5,7,13,16H,6H2,1H3,(H,28,30)(H2,27,29,31)/t7-/m1/s1. The van der Waals surface area contributed by atoms with Gasteiger partial charge >= 0.3 is 18.4 Å². The molecule has 0 aliphatic carbocycles. The molecule has 1 heterocycles. The molecule has 0 aliphatic heterocycles. The summed E-state index contributed by atoms with van der Waals surface area (Å²) in [6.07, 6.45) is -4.95. The molecule has 3 amide bonds. The van der Waals surface area contributed by atoms with Crippen LogP contribution in [-0.4, -0.2) is 36.4 Å². The van der Waals surface area contributed by atoms with Crippen LogP contribution in [0.15, 0.2) is 24.4 Å². The third kappa shape index (κ3) is 6.82. The summed E-state index contributed by atoms with van der Waals surface area (Å²) in [6.45, 7) is 0.382. The van der Waals surface area contributed by atoms with Crippen molar-refractivity contribution in [1.82, 2.24) is 21.2 Å². The van der Waals surface area contributed by atoms with Crippen molar-refractivity contribution in [3.63, 3.8) is 0 Å². The SMILES string of the molecule is C[C@@H](NC(=O)NNC(=O)C(F)F)c1ncc(-c2cc(Cl)cc(Cl)c2OCC(F)F)cc1F. The first-order valence-corrected chi connectivity index (χ1v) is 9.45. The van der Waals surface area contributed by atoms with Crippen LogP contribution in [0.3, 0.4) is 0 Å². The summed E-state index contributed by atoms with van der Waals surface area (Å²) in [7, 11) is 0. The molecule has 0 bridgehead atoms. The van der Waals surface area contributed by atoms with Crippen LogP contribution in [0.1, 0.15) is 18.7 Å². The molecule has 0 aliphatic rings. The van der Waals surface area contributed by atoms with Crippen molar-refractivity contribution in [3.8, 4) is 16.9 Å². The Labute approximate surface area is 188 Å². The van der Waals surface area contributed by atoms with Crippen molar-refractivity contribution in [3.05, 3.63) is 46.0 Å². The zero-order chi connectivity index (χ0) is 24.0. The van der Waals surface area contributed by atoms with Crippen LogP contribution in [0.5, 0.6) is 5.75 Å². The molecule has 0 radical (unpaired) electrons. The number of carbonyl (C=O) groups excluding carboxylic acids is 2. The highest BCUT2D eigenvalue weighted by Gasteiger charge is 2.21. The van der Waals surface area contributed by atoms with Gasteiger partial charge in [-0.15, -0.1) is 0 Å². The van der Waals surface area contributed by atoms with Gasteiger partial charge in [0.25, 0.3) is 6.43 Å². The van der Waals surface area contributed by atoms with E-state index in [4.69, 9.17) is 27.9 Å². The van der Waals surface area contributed by atoms with Crippen molar-refractivity contribution in [1.29, 1.82) is 0 Å². The molecule has 32 heavy (non-hydrogen) atoms. The Morgan fingerprint density at radius 2 is 1.81 bits per heavy atom. The minimum absolute atomic E-state index is 0.0739. The molecule has 1 atom stereocenters. The van der Waals surface area contributed by atoms with Crippen LogP contribution in [0.2, 0.25) is 10.0 Å². The predicted octanol–water partition coefficient (Wildman–Crippen LogP) is 4.49.